The fourth-order valence-electron chi connectivity index (χ4n) is 2.67. The van der Waals surface area contributed by atoms with Crippen LogP contribution >= 0.6 is 0 Å². The highest BCUT2D eigenvalue weighted by molar-refractivity contribution is 5.53. The summed E-state index contributed by atoms with van der Waals surface area (Å²) in [5, 5.41) is 0. The predicted octanol–water partition coefficient (Wildman–Crippen LogP) is 2.11. The molecule has 3 heteroatoms. The molecule has 3 rings (SSSR count). The van der Waals surface area contributed by atoms with Crippen LogP contribution in [0.5, 0.6) is 0 Å². The van der Waals surface area contributed by atoms with E-state index in [9.17, 15) is 0 Å². The number of rotatable bonds is 4. The lowest BCUT2D eigenvalue weighted by Crippen LogP contribution is -2.23. The van der Waals surface area contributed by atoms with Crippen molar-refractivity contribution in [1.29, 1.82) is 0 Å². The highest BCUT2D eigenvalue weighted by Crippen LogP contribution is 2.37. The van der Waals surface area contributed by atoms with Crippen LogP contribution in [-0.2, 0) is 6.42 Å². The number of aryl methyl sites for hydroxylation is 1. The van der Waals surface area contributed by atoms with Gasteiger partial charge in [0.1, 0.15) is 0 Å². The summed E-state index contributed by atoms with van der Waals surface area (Å²) < 4.78 is 0. The van der Waals surface area contributed by atoms with Crippen molar-refractivity contribution in [1.82, 2.24) is 4.98 Å². The molecule has 3 nitrogen and oxygen atoms in total. The predicted molar refractivity (Wildman–Crippen MR) is 70.2 cm³/mol. The van der Waals surface area contributed by atoms with E-state index in [-0.39, 0.29) is 5.54 Å². The average molecular weight is 231 g/mol. The minimum Gasteiger partial charge on any atom is -0.371 e. The van der Waals surface area contributed by atoms with Crippen LogP contribution in [0.2, 0.25) is 0 Å². The van der Waals surface area contributed by atoms with Crippen molar-refractivity contribution < 1.29 is 0 Å². The Morgan fingerprint density at radius 1 is 1.29 bits per heavy atom. The maximum absolute atomic E-state index is 6.16. The summed E-state index contributed by atoms with van der Waals surface area (Å²) in [6, 6.07) is 2.16. The van der Waals surface area contributed by atoms with E-state index in [0.29, 0.717) is 0 Å². The summed E-state index contributed by atoms with van der Waals surface area (Å²) in [6.45, 7) is 2.40. The molecule has 2 N–H and O–H groups in total. The Morgan fingerprint density at radius 2 is 2.06 bits per heavy atom. The Labute approximate surface area is 103 Å². The molecule has 0 spiro atoms. The zero-order valence-corrected chi connectivity index (χ0v) is 10.4. The van der Waals surface area contributed by atoms with E-state index in [1.165, 1.54) is 50.0 Å². The molecule has 92 valence electrons. The molecule has 1 aromatic rings. The summed E-state index contributed by atoms with van der Waals surface area (Å²) in [6.07, 6.45) is 11.2. The lowest BCUT2D eigenvalue weighted by atomic mass is 10.0. The first-order chi connectivity index (χ1) is 8.27. The Bertz CT molecular complexity index is 392. The van der Waals surface area contributed by atoms with Gasteiger partial charge in [-0.05, 0) is 50.2 Å². The molecule has 1 aliphatic carbocycles. The van der Waals surface area contributed by atoms with Gasteiger partial charge >= 0.3 is 0 Å². The van der Waals surface area contributed by atoms with Crippen LogP contribution in [0, 0.1) is 0 Å². The van der Waals surface area contributed by atoms with Gasteiger partial charge in [0.25, 0.3) is 0 Å². The standard InChI is InChI=1S/C14H21N3/c15-14(6-7-14)5-3-12-11-16-8-4-13(12)17-9-1-2-10-17/h4,8,11H,1-3,5-7,9-10,15H2. The van der Waals surface area contributed by atoms with Crippen molar-refractivity contribution >= 4 is 5.69 Å². The summed E-state index contributed by atoms with van der Waals surface area (Å²) in [5.41, 5.74) is 9.09. The number of pyridine rings is 1. The number of hydrogen-bond donors (Lipinski definition) is 1. The number of aromatic nitrogens is 1. The van der Waals surface area contributed by atoms with E-state index < -0.39 is 0 Å². The van der Waals surface area contributed by atoms with Crippen LogP contribution in [0.25, 0.3) is 0 Å². The number of hydrogen-bond acceptors (Lipinski definition) is 3. The minimum atomic E-state index is 0.151. The van der Waals surface area contributed by atoms with E-state index in [0.717, 1.165) is 12.8 Å². The molecule has 0 bridgehead atoms. The normalized spacial score (nSPS) is 21.8. The van der Waals surface area contributed by atoms with Crippen LogP contribution in [0.15, 0.2) is 18.5 Å². The smallest absolute Gasteiger partial charge is 0.0429 e. The van der Waals surface area contributed by atoms with Crippen LogP contribution in [0.3, 0.4) is 0 Å². The Balaban J connectivity index is 1.73. The minimum absolute atomic E-state index is 0.151. The van der Waals surface area contributed by atoms with Crippen LogP contribution in [0.4, 0.5) is 5.69 Å². The molecule has 1 saturated carbocycles. The van der Waals surface area contributed by atoms with Crippen LogP contribution in [0.1, 0.15) is 37.7 Å². The quantitative estimate of drug-likeness (QED) is 0.863. The Kier molecular flexibility index (Phi) is 2.79. The second-order valence-corrected chi connectivity index (χ2v) is 5.56. The van der Waals surface area contributed by atoms with E-state index in [1.54, 1.807) is 0 Å². The molecule has 0 amide bonds. The maximum Gasteiger partial charge on any atom is 0.0429 e. The number of nitrogens with two attached hydrogens (primary N) is 1. The second kappa shape index (κ2) is 4.30. The van der Waals surface area contributed by atoms with E-state index in [2.05, 4.69) is 16.0 Å². The highest BCUT2D eigenvalue weighted by atomic mass is 15.1. The summed E-state index contributed by atoms with van der Waals surface area (Å²) in [4.78, 5) is 6.76. The lowest BCUT2D eigenvalue weighted by molar-refractivity contribution is 0.608. The molecular weight excluding hydrogens is 210 g/mol. The molecule has 2 fully saturated rings. The number of nitrogens with zero attached hydrogens (tertiary/aromatic N) is 2. The van der Waals surface area contributed by atoms with Gasteiger partial charge in [-0.15, -0.1) is 0 Å². The molecule has 2 aliphatic rings. The Hall–Kier alpha value is -1.09. The van der Waals surface area contributed by atoms with Crippen molar-refractivity contribution in [2.45, 2.75) is 44.1 Å². The summed E-state index contributed by atoms with van der Waals surface area (Å²) in [5.74, 6) is 0. The van der Waals surface area contributed by atoms with Gasteiger partial charge in [-0.2, -0.15) is 0 Å². The highest BCUT2D eigenvalue weighted by Gasteiger charge is 2.37. The van der Waals surface area contributed by atoms with Crippen LogP contribution in [-0.4, -0.2) is 23.6 Å². The molecule has 2 heterocycles. The molecule has 0 unspecified atom stereocenters. The van der Waals surface area contributed by atoms with Crippen molar-refractivity contribution in [2.75, 3.05) is 18.0 Å². The van der Waals surface area contributed by atoms with E-state index in [4.69, 9.17) is 5.73 Å². The van der Waals surface area contributed by atoms with E-state index in [1.807, 2.05) is 12.4 Å². The maximum atomic E-state index is 6.16. The molecule has 17 heavy (non-hydrogen) atoms. The van der Waals surface area contributed by atoms with Crippen molar-refractivity contribution in [3.05, 3.63) is 24.0 Å². The lowest BCUT2D eigenvalue weighted by Gasteiger charge is -2.21. The molecule has 1 aliphatic heterocycles. The first-order valence-corrected chi connectivity index (χ1v) is 6.74. The fraction of sp³-hybridized carbons (Fsp3) is 0.643. The zero-order valence-electron chi connectivity index (χ0n) is 10.4. The zero-order chi connectivity index (χ0) is 11.7. The Morgan fingerprint density at radius 3 is 2.76 bits per heavy atom. The molecule has 1 saturated heterocycles. The van der Waals surface area contributed by atoms with Crippen molar-refractivity contribution in [3.8, 4) is 0 Å². The monoisotopic (exact) mass is 231 g/mol. The molecule has 0 aromatic carbocycles. The van der Waals surface area contributed by atoms with Gasteiger partial charge in [0.05, 0.1) is 0 Å². The average Bonchev–Trinajstić information content (AvgIpc) is 2.88. The van der Waals surface area contributed by atoms with Crippen molar-refractivity contribution in [3.63, 3.8) is 0 Å². The summed E-state index contributed by atoms with van der Waals surface area (Å²) in [7, 11) is 0. The van der Waals surface area contributed by atoms with Gasteiger partial charge in [0, 0.05) is 36.7 Å². The van der Waals surface area contributed by atoms with E-state index >= 15 is 0 Å². The van der Waals surface area contributed by atoms with Gasteiger partial charge in [0.15, 0.2) is 0 Å². The molecule has 1 aromatic heterocycles. The van der Waals surface area contributed by atoms with Crippen molar-refractivity contribution in [2.24, 2.45) is 5.73 Å². The first kappa shape index (κ1) is 11.0. The number of anilines is 1. The topological polar surface area (TPSA) is 42.1 Å². The van der Waals surface area contributed by atoms with Gasteiger partial charge in [-0.25, -0.2) is 0 Å². The third kappa shape index (κ3) is 2.44. The third-order valence-corrected chi connectivity index (χ3v) is 4.11. The van der Waals surface area contributed by atoms with Crippen LogP contribution < -0.4 is 10.6 Å². The molecule has 0 radical (unpaired) electrons. The largest absolute Gasteiger partial charge is 0.371 e. The first-order valence-electron chi connectivity index (χ1n) is 6.74. The third-order valence-electron chi connectivity index (χ3n) is 4.11. The fourth-order valence-corrected chi connectivity index (χ4v) is 2.67. The van der Waals surface area contributed by atoms with Gasteiger partial charge < -0.3 is 10.6 Å². The van der Waals surface area contributed by atoms with Gasteiger partial charge in [-0.1, -0.05) is 0 Å². The molecule has 0 atom stereocenters. The summed E-state index contributed by atoms with van der Waals surface area (Å²) >= 11 is 0. The molecular formula is C14H21N3. The van der Waals surface area contributed by atoms with Gasteiger partial charge in [-0.3, -0.25) is 4.98 Å². The van der Waals surface area contributed by atoms with Gasteiger partial charge in [0.2, 0.25) is 0 Å². The SMILES string of the molecule is NC1(CCc2cnccc2N2CCCC2)CC1. The second-order valence-electron chi connectivity index (χ2n) is 5.56.